The Hall–Kier alpha value is -2.41. The number of hydrogen-bond acceptors (Lipinski definition) is 2. The monoisotopic (exact) mass is 367 g/mol. The molecule has 2 aromatic carbocycles. The standard InChI is InChI=1S/C19H17F4NO2/c20-16-7-1-13(2-8-16)11-18(25)24-9-10-26-17(12-24)14-3-5-15(6-4-14)19(21,22)23/h1-8,17H,9-12H2/t17-/m1/s1. The van der Waals surface area contributed by atoms with Gasteiger partial charge in [0.15, 0.2) is 0 Å². The summed E-state index contributed by atoms with van der Waals surface area (Å²) in [6.45, 7) is 0.989. The predicted octanol–water partition coefficient (Wildman–Crippen LogP) is 3.99. The maximum absolute atomic E-state index is 12.9. The summed E-state index contributed by atoms with van der Waals surface area (Å²) >= 11 is 0. The van der Waals surface area contributed by atoms with Crippen molar-refractivity contribution in [2.45, 2.75) is 18.7 Å². The number of rotatable bonds is 3. The molecule has 3 rings (SSSR count). The van der Waals surface area contributed by atoms with Crippen molar-refractivity contribution >= 4 is 5.91 Å². The van der Waals surface area contributed by atoms with Crippen molar-refractivity contribution < 1.29 is 27.1 Å². The highest BCUT2D eigenvalue weighted by Crippen LogP contribution is 2.31. The van der Waals surface area contributed by atoms with E-state index in [1.165, 1.54) is 24.3 Å². The van der Waals surface area contributed by atoms with E-state index in [-0.39, 0.29) is 24.7 Å². The van der Waals surface area contributed by atoms with Crippen LogP contribution in [0, 0.1) is 5.82 Å². The van der Waals surface area contributed by atoms with E-state index < -0.39 is 17.8 Å². The summed E-state index contributed by atoms with van der Waals surface area (Å²) in [6, 6.07) is 10.5. The number of ether oxygens (including phenoxy) is 1. The molecule has 0 aromatic heterocycles. The van der Waals surface area contributed by atoms with Crippen molar-refractivity contribution in [3.05, 3.63) is 71.0 Å². The summed E-state index contributed by atoms with van der Waals surface area (Å²) in [5.74, 6) is -0.494. The molecule has 7 heteroatoms. The lowest BCUT2D eigenvalue weighted by Gasteiger charge is -2.33. The van der Waals surface area contributed by atoms with Crippen LogP contribution in [0.15, 0.2) is 48.5 Å². The minimum atomic E-state index is -4.39. The normalized spacial score (nSPS) is 18.0. The molecular weight excluding hydrogens is 350 g/mol. The van der Waals surface area contributed by atoms with Gasteiger partial charge in [0, 0.05) is 6.54 Å². The fraction of sp³-hybridized carbons (Fsp3) is 0.316. The summed E-state index contributed by atoms with van der Waals surface area (Å²) in [6.07, 6.45) is -4.72. The average molecular weight is 367 g/mol. The van der Waals surface area contributed by atoms with E-state index in [9.17, 15) is 22.4 Å². The Morgan fingerprint density at radius 1 is 1.08 bits per heavy atom. The zero-order valence-electron chi connectivity index (χ0n) is 13.8. The first-order valence-corrected chi connectivity index (χ1v) is 8.14. The third kappa shape index (κ3) is 4.40. The van der Waals surface area contributed by atoms with Crippen LogP contribution in [0.25, 0.3) is 0 Å². The first-order valence-electron chi connectivity index (χ1n) is 8.14. The second-order valence-electron chi connectivity index (χ2n) is 6.12. The van der Waals surface area contributed by atoms with Crippen LogP contribution in [0.2, 0.25) is 0 Å². The minimum absolute atomic E-state index is 0.128. The maximum Gasteiger partial charge on any atom is 0.416 e. The fourth-order valence-electron chi connectivity index (χ4n) is 2.85. The number of halogens is 4. The molecule has 0 spiro atoms. The van der Waals surface area contributed by atoms with E-state index in [1.807, 2.05) is 0 Å². The van der Waals surface area contributed by atoms with Gasteiger partial charge in [0.25, 0.3) is 0 Å². The van der Waals surface area contributed by atoms with E-state index in [0.29, 0.717) is 24.3 Å². The molecule has 1 fully saturated rings. The Labute approximate surface area is 148 Å². The van der Waals surface area contributed by atoms with Gasteiger partial charge >= 0.3 is 6.18 Å². The lowest BCUT2D eigenvalue weighted by atomic mass is 10.0. The quantitative estimate of drug-likeness (QED) is 0.768. The van der Waals surface area contributed by atoms with E-state index in [1.54, 1.807) is 17.0 Å². The van der Waals surface area contributed by atoms with Crippen LogP contribution >= 0.6 is 0 Å². The van der Waals surface area contributed by atoms with E-state index in [4.69, 9.17) is 4.74 Å². The van der Waals surface area contributed by atoms with Crippen LogP contribution in [0.5, 0.6) is 0 Å². The highest BCUT2D eigenvalue weighted by atomic mass is 19.4. The molecule has 3 nitrogen and oxygen atoms in total. The van der Waals surface area contributed by atoms with Gasteiger partial charge in [-0.25, -0.2) is 4.39 Å². The Balaban J connectivity index is 1.65. The number of carbonyl (C=O) groups excluding carboxylic acids is 1. The van der Waals surface area contributed by atoms with Gasteiger partial charge < -0.3 is 9.64 Å². The predicted molar refractivity (Wildman–Crippen MR) is 86.8 cm³/mol. The van der Waals surface area contributed by atoms with Crippen molar-refractivity contribution in [1.82, 2.24) is 4.90 Å². The highest BCUT2D eigenvalue weighted by Gasteiger charge is 2.31. The fourth-order valence-corrected chi connectivity index (χ4v) is 2.85. The van der Waals surface area contributed by atoms with Crippen molar-refractivity contribution in [2.24, 2.45) is 0 Å². The lowest BCUT2D eigenvalue weighted by molar-refractivity contribution is -0.138. The van der Waals surface area contributed by atoms with Gasteiger partial charge in [-0.15, -0.1) is 0 Å². The molecule has 0 radical (unpaired) electrons. The number of alkyl halides is 3. The van der Waals surface area contributed by atoms with E-state index in [2.05, 4.69) is 0 Å². The second kappa shape index (κ2) is 7.45. The smallest absolute Gasteiger partial charge is 0.370 e. The van der Waals surface area contributed by atoms with Crippen molar-refractivity contribution in [3.8, 4) is 0 Å². The Kier molecular flexibility index (Phi) is 5.27. The van der Waals surface area contributed by atoms with Gasteiger partial charge in [0.1, 0.15) is 11.9 Å². The van der Waals surface area contributed by atoms with Crippen LogP contribution in [-0.4, -0.2) is 30.5 Å². The molecule has 1 atom stereocenters. The molecule has 1 amide bonds. The number of nitrogens with zero attached hydrogens (tertiary/aromatic N) is 1. The maximum atomic E-state index is 12.9. The number of benzene rings is 2. The minimum Gasteiger partial charge on any atom is -0.370 e. The molecule has 0 unspecified atom stereocenters. The first kappa shape index (κ1) is 18.4. The molecular formula is C19H17F4NO2. The molecule has 0 aliphatic carbocycles. The van der Waals surface area contributed by atoms with Gasteiger partial charge in [-0.05, 0) is 35.4 Å². The molecule has 1 aliphatic rings. The summed E-state index contributed by atoms with van der Waals surface area (Å²) in [5, 5.41) is 0. The van der Waals surface area contributed by atoms with Crippen LogP contribution in [0.1, 0.15) is 22.8 Å². The average Bonchev–Trinajstić information content (AvgIpc) is 2.63. The Bertz CT molecular complexity index is 757. The summed E-state index contributed by atoms with van der Waals surface area (Å²) in [5.41, 5.74) is 0.576. The van der Waals surface area contributed by atoms with Gasteiger partial charge in [0.05, 0.1) is 25.1 Å². The summed E-state index contributed by atoms with van der Waals surface area (Å²) in [4.78, 5) is 14.1. The molecule has 0 saturated carbocycles. The third-order valence-corrected chi connectivity index (χ3v) is 4.30. The van der Waals surface area contributed by atoms with Crippen molar-refractivity contribution in [1.29, 1.82) is 0 Å². The van der Waals surface area contributed by atoms with E-state index in [0.717, 1.165) is 12.1 Å². The molecule has 1 saturated heterocycles. The number of carbonyl (C=O) groups is 1. The Morgan fingerprint density at radius 2 is 1.73 bits per heavy atom. The van der Waals surface area contributed by atoms with Gasteiger partial charge in [-0.1, -0.05) is 24.3 Å². The van der Waals surface area contributed by atoms with E-state index >= 15 is 0 Å². The molecule has 0 N–H and O–H groups in total. The van der Waals surface area contributed by atoms with Crippen LogP contribution in [0.4, 0.5) is 17.6 Å². The molecule has 1 aliphatic heterocycles. The summed E-state index contributed by atoms with van der Waals surface area (Å²) < 4.78 is 56.5. The Morgan fingerprint density at radius 3 is 2.35 bits per heavy atom. The SMILES string of the molecule is O=C(Cc1ccc(F)cc1)N1CCO[C@@H](c2ccc(C(F)(F)F)cc2)C1. The van der Waals surface area contributed by atoms with Gasteiger partial charge in [0.2, 0.25) is 5.91 Å². The molecule has 0 bridgehead atoms. The van der Waals surface area contributed by atoms with Gasteiger partial charge in [-0.3, -0.25) is 4.79 Å². The first-order chi connectivity index (χ1) is 12.3. The molecule has 26 heavy (non-hydrogen) atoms. The largest absolute Gasteiger partial charge is 0.416 e. The summed E-state index contributed by atoms with van der Waals surface area (Å²) in [7, 11) is 0. The molecule has 2 aromatic rings. The highest BCUT2D eigenvalue weighted by molar-refractivity contribution is 5.78. The zero-order valence-corrected chi connectivity index (χ0v) is 13.8. The second-order valence-corrected chi connectivity index (χ2v) is 6.12. The zero-order chi connectivity index (χ0) is 18.7. The lowest BCUT2D eigenvalue weighted by Crippen LogP contribution is -2.43. The number of amides is 1. The number of morpholine rings is 1. The van der Waals surface area contributed by atoms with Crippen molar-refractivity contribution in [2.75, 3.05) is 19.7 Å². The van der Waals surface area contributed by atoms with Crippen LogP contribution in [-0.2, 0) is 22.1 Å². The topological polar surface area (TPSA) is 29.5 Å². The van der Waals surface area contributed by atoms with Gasteiger partial charge in [-0.2, -0.15) is 13.2 Å². The van der Waals surface area contributed by atoms with Crippen LogP contribution < -0.4 is 0 Å². The molecule has 1 heterocycles. The van der Waals surface area contributed by atoms with Crippen LogP contribution in [0.3, 0.4) is 0 Å². The number of hydrogen-bond donors (Lipinski definition) is 0. The third-order valence-electron chi connectivity index (χ3n) is 4.30. The van der Waals surface area contributed by atoms with Crippen molar-refractivity contribution in [3.63, 3.8) is 0 Å². The molecule has 138 valence electrons.